The van der Waals surface area contributed by atoms with Crippen molar-refractivity contribution in [3.05, 3.63) is 28.8 Å². The molecule has 0 saturated heterocycles. The Labute approximate surface area is 112 Å². The first-order chi connectivity index (χ1) is 8.58. The summed E-state index contributed by atoms with van der Waals surface area (Å²) in [5, 5.41) is 0.515. The second kappa shape index (κ2) is 7.24. The van der Waals surface area contributed by atoms with E-state index in [2.05, 4.69) is 0 Å². The van der Waals surface area contributed by atoms with Gasteiger partial charge in [-0.15, -0.1) is 0 Å². The highest BCUT2D eigenvalue weighted by Gasteiger charge is 2.11. The molecule has 1 aromatic carbocycles. The molecular formula is C13H18ClNO3. The molecule has 0 heterocycles. The van der Waals surface area contributed by atoms with Gasteiger partial charge >= 0.3 is 5.97 Å². The van der Waals surface area contributed by atoms with E-state index in [-0.39, 0.29) is 12.0 Å². The van der Waals surface area contributed by atoms with Crippen LogP contribution >= 0.6 is 11.6 Å². The maximum absolute atomic E-state index is 11.2. The van der Waals surface area contributed by atoms with Crippen LogP contribution in [0.4, 0.5) is 0 Å². The Morgan fingerprint density at radius 1 is 1.50 bits per heavy atom. The number of halogens is 1. The average molecular weight is 272 g/mol. The summed E-state index contributed by atoms with van der Waals surface area (Å²) in [7, 11) is 1.56. The normalized spacial score (nSPS) is 12.0. The SMILES string of the molecule is CCOC(=O)CCC(N)c1ccc(OC)c(Cl)c1. The largest absolute Gasteiger partial charge is 0.495 e. The molecule has 4 nitrogen and oxygen atoms in total. The Balaban J connectivity index is 2.58. The molecule has 1 aromatic rings. The summed E-state index contributed by atoms with van der Waals surface area (Å²) in [5.41, 5.74) is 6.87. The monoisotopic (exact) mass is 271 g/mol. The van der Waals surface area contributed by atoms with Crippen LogP contribution in [0.2, 0.25) is 5.02 Å². The van der Waals surface area contributed by atoms with Crippen molar-refractivity contribution in [1.82, 2.24) is 0 Å². The third-order valence-electron chi connectivity index (χ3n) is 2.57. The average Bonchev–Trinajstić information content (AvgIpc) is 2.36. The molecule has 0 bridgehead atoms. The van der Waals surface area contributed by atoms with E-state index in [4.69, 9.17) is 26.8 Å². The lowest BCUT2D eigenvalue weighted by Gasteiger charge is -2.13. The van der Waals surface area contributed by atoms with Crippen LogP contribution in [0, 0.1) is 0 Å². The molecule has 0 amide bonds. The topological polar surface area (TPSA) is 61.5 Å². The Hall–Kier alpha value is -1.26. The molecule has 18 heavy (non-hydrogen) atoms. The number of ether oxygens (including phenoxy) is 2. The van der Waals surface area contributed by atoms with E-state index in [1.807, 2.05) is 6.07 Å². The smallest absolute Gasteiger partial charge is 0.305 e. The highest BCUT2D eigenvalue weighted by Crippen LogP contribution is 2.28. The first-order valence-electron chi connectivity index (χ1n) is 5.83. The van der Waals surface area contributed by atoms with Gasteiger partial charge in [0.25, 0.3) is 0 Å². The molecule has 0 aliphatic carbocycles. The Morgan fingerprint density at radius 2 is 2.22 bits per heavy atom. The van der Waals surface area contributed by atoms with Gasteiger partial charge in [0.05, 0.1) is 18.7 Å². The Morgan fingerprint density at radius 3 is 2.78 bits per heavy atom. The van der Waals surface area contributed by atoms with Gasteiger partial charge in [-0.05, 0) is 31.0 Å². The predicted molar refractivity (Wildman–Crippen MR) is 70.8 cm³/mol. The van der Waals surface area contributed by atoms with Crippen LogP contribution in [0.15, 0.2) is 18.2 Å². The van der Waals surface area contributed by atoms with Crippen molar-refractivity contribution in [3.63, 3.8) is 0 Å². The van der Waals surface area contributed by atoms with Crippen molar-refractivity contribution in [1.29, 1.82) is 0 Å². The fourth-order valence-electron chi connectivity index (χ4n) is 1.59. The van der Waals surface area contributed by atoms with E-state index in [1.54, 1.807) is 26.2 Å². The van der Waals surface area contributed by atoms with Gasteiger partial charge in [-0.25, -0.2) is 0 Å². The number of benzene rings is 1. The number of carbonyl (C=O) groups excluding carboxylic acids is 1. The predicted octanol–water partition coefficient (Wildman–Crippen LogP) is 2.69. The Kier molecular flexibility index (Phi) is 5.95. The quantitative estimate of drug-likeness (QED) is 0.808. The number of nitrogens with two attached hydrogens (primary N) is 1. The number of carbonyl (C=O) groups is 1. The summed E-state index contributed by atoms with van der Waals surface area (Å²) >= 11 is 6.01. The van der Waals surface area contributed by atoms with Crippen LogP contribution in [0.5, 0.6) is 5.75 Å². The van der Waals surface area contributed by atoms with Crippen molar-refractivity contribution >= 4 is 17.6 Å². The maximum Gasteiger partial charge on any atom is 0.305 e. The van der Waals surface area contributed by atoms with Crippen LogP contribution < -0.4 is 10.5 Å². The van der Waals surface area contributed by atoms with Crippen molar-refractivity contribution in [3.8, 4) is 5.75 Å². The zero-order valence-corrected chi connectivity index (χ0v) is 11.4. The zero-order chi connectivity index (χ0) is 13.5. The van der Waals surface area contributed by atoms with Gasteiger partial charge in [-0.3, -0.25) is 4.79 Å². The summed E-state index contributed by atoms with van der Waals surface area (Å²) in [5.74, 6) is 0.380. The molecule has 0 spiro atoms. The third kappa shape index (κ3) is 4.20. The highest BCUT2D eigenvalue weighted by molar-refractivity contribution is 6.32. The van der Waals surface area contributed by atoms with Crippen LogP contribution in [0.1, 0.15) is 31.4 Å². The van der Waals surface area contributed by atoms with E-state index in [0.29, 0.717) is 30.2 Å². The molecule has 1 atom stereocenters. The molecular weight excluding hydrogens is 254 g/mol. The van der Waals surface area contributed by atoms with Gasteiger partial charge < -0.3 is 15.2 Å². The zero-order valence-electron chi connectivity index (χ0n) is 10.6. The summed E-state index contributed by atoms with van der Waals surface area (Å²) in [6.45, 7) is 2.17. The second-order valence-electron chi connectivity index (χ2n) is 3.84. The van der Waals surface area contributed by atoms with Crippen LogP contribution in [0.25, 0.3) is 0 Å². The van der Waals surface area contributed by atoms with Crippen molar-refractivity contribution < 1.29 is 14.3 Å². The summed E-state index contributed by atoms with van der Waals surface area (Å²) in [6, 6.07) is 5.14. The van der Waals surface area contributed by atoms with Crippen molar-refractivity contribution in [2.45, 2.75) is 25.8 Å². The minimum Gasteiger partial charge on any atom is -0.495 e. The molecule has 1 rings (SSSR count). The Bertz CT molecular complexity index is 409. The van der Waals surface area contributed by atoms with Crippen LogP contribution in [-0.2, 0) is 9.53 Å². The van der Waals surface area contributed by atoms with Gasteiger partial charge in [-0.1, -0.05) is 17.7 Å². The number of rotatable bonds is 6. The summed E-state index contributed by atoms with van der Waals surface area (Å²) in [4.78, 5) is 11.2. The molecule has 5 heteroatoms. The van der Waals surface area contributed by atoms with E-state index in [0.717, 1.165) is 5.56 Å². The van der Waals surface area contributed by atoms with E-state index >= 15 is 0 Å². The minimum absolute atomic E-state index is 0.229. The lowest BCUT2D eigenvalue weighted by molar-refractivity contribution is -0.143. The summed E-state index contributed by atoms with van der Waals surface area (Å²) in [6.07, 6.45) is 0.833. The molecule has 100 valence electrons. The fraction of sp³-hybridized carbons (Fsp3) is 0.462. The molecule has 0 fully saturated rings. The van der Waals surface area contributed by atoms with E-state index < -0.39 is 0 Å². The molecule has 0 aromatic heterocycles. The molecule has 0 aliphatic rings. The van der Waals surface area contributed by atoms with E-state index in [9.17, 15) is 4.79 Å². The van der Waals surface area contributed by atoms with Gasteiger partial charge in [0.1, 0.15) is 5.75 Å². The molecule has 0 aliphatic heterocycles. The third-order valence-corrected chi connectivity index (χ3v) is 2.86. The highest BCUT2D eigenvalue weighted by atomic mass is 35.5. The first kappa shape index (κ1) is 14.8. The van der Waals surface area contributed by atoms with Crippen LogP contribution in [0.3, 0.4) is 0 Å². The number of hydrogen-bond acceptors (Lipinski definition) is 4. The number of esters is 1. The lowest BCUT2D eigenvalue weighted by Crippen LogP contribution is -2.13. The summed E-state index contributed by atoms with van der Waals surface area (Å²) < 4.78 is 9.91. The van der Waals surface area contributed by atoms with Gasteiger partial charge in [0.2, 0.25) is 0 Å². The molecule has 0 radical (unpaired) electrons. The molecule has 2 N–H and O–H groups in total. The lowest BCUT2D eigenvalue weighted by atomic mass is 10.0. The second-order valence-corrected chi connectivity index (χ2v) is 4.25. The standard InChI is InChI=1S/C13H18ClNO3/c1-3-18-13(16)7-5-11(15)9-4-6-12(17-2)10(14)8-9/h4,6,8,11H,3,5,7,15H2,1-2H3. The van der Waals surface area contributed by atoms with Crippen LogP contribution in [-0.4, -0.2) is 19.7 Å². The van der Waals surface area contributed by atoms with E-state index in [1.165, 1.54) is 0 Å². The first-order valence-corrected chi connectivity index (χ1v) is 6.21. The number of methoxy groups -OCH3 is 1. The van der Waals surface area contributed by atoms with Gasteiger partial charge in [0.15, 0.2) is 0 Å². The molecule has 1 unspecified atom stereocenters. The van der Waals surface area contributed by atoms with Gasteiger partial charge in [-0.2, -0.15) is 0 Å². The molecule has 0 saturated carbocycles. The minimum atomic E-state index is -0.238. The van der Waals surface area contributed by atoms with Gasteiger partial charge in [0, 0.05) is 12.5 Å². The maximum atomic E-state index is 11.2. The van der Waals surface area contributed by atoms with Crippen molar-refractivity contribution in [2.24, 2.45) is 5.73 Å². The fourth-order valence-corrected chi connectivity index (χ4v) is 1.85. The van der Waals surface area contributed by atoms with Crippen molar-refractivity contribution in [2.75, 3.05) is 13.7 Å². The number of hydrogen-bond donors (Lipinski definition) is 1.